The molecule has 2 N–H and O–H groups in total. The molecule has 0 aliphatic heterocycles. The van der Waals surface area contributed by atoms with Gasteiger partial charge in [-0.3, -0.25) is 4.90 Å². The highest BCUT2D eigenvalue weighted by molar-refractivity contribution is 4.68. The first-order chi connectivity index (χ1) is 7.61. The minimum absolute atomic E-state index is 0.662. The molecule has 0 amide bonds. The molecule has 0 radical (unpaired) electrons. The van der Waals surface area contributed by atoms with E-state index in [0.29, 0.717) is 6.04 Å². The molecule has 0 fully saturated rings. The molecule has 0 spiro atoms. The molecule has 3 heteroatoms. The normalized spacial score (nSPS) is 13.7. The summed E-state index contributed by atoms with van der Waals surface area (Å²) in [5, 5.41) is 0. The summed E-state index contributed by atoms with van der Waals surface area (Å²) in [7, 11) is 4.29. The molecular weight excluding hydrogens is 198 g/mol. The van der Waals surface area contributed by atoms with Gasteiger partial charge in [0.25, 0.3) is 0 Å². The molecule has 0 aliphatic rings. The van der Waals surface area contributed by atoms with Crippen LogP contribution < -0.4 is 5.73 Å². The maximum absolute atomic E-state index is 5.48. The maximum Gasteiger partial charge on any atom is 0.0194 e. The van der Waals surface area contributed by atoms with Crippen molar-refractivity contribution in [2.45, 2.75) is 45.6 Å². The summed E-state index contributed by atoms with van der Waals surface area (Å²) in [6.45, 7) is 8.96. The van der Waals surface area contributed by atoms with Crippen molar-refractivity contribution in [3.63, 3.8) is 0 Å². The molecule has 1 atom stereocenters. The zero-order valence-electron chi connectivity index (χ0n) is 11.7. The van der Waals surface area contributed by atoms with Crippen LogP contribution in [0.2, 0.25) is 0 Å². The van der Waals surface area contributed by atoms with E-state index < -0.39 is 0 Å². The van der Waals surface area contributed by atoms with Gasteiger partial charge in [0.2, 0.25) is 0 Å². The monoisotopic (exact) mass is 229 g/mol. The van der Waals surface area contributed by atoms with E-state index in [1.165, 1.54) is 32.2 Å². The van der Waals surface area contributed by atoms with E-state index in [2.05, 4.69) is 37.7 Å². The van der Waals surface area contributed by atoms with Gasteiger partial charge >= 0.3 is 0 Å². The van der Waals surface area contributed by atoms with E-state index in [-0.39, 0.29) is 0 Å². The number of unbranched alkanes of at least 4 members (excludes halogenated alkanes) is 3. The van der Waals surface area contributed by atoms with Crippen molar-refractivity contribution in [3.8, 4) is 0 Å². The Morgan fingerprint density at radius 1 is 1.06 bits per heavy atom. The van der Waals surface area contributed by atoms with Crippen LogP contribution in [0.5, 0.6) is 0 Å². The van der Waals surface area contributed by atoms with E-state index >= 15 is 0 Å². The summed E-state index contributed by atoms with van der Waals surface area (Å²) < 4.78 is 0. The summed E-state index contributed by atoms with van der Waals surface area (Å²) in [6.07, 6.45) is 5.10. The number of hydrogen-bond donors (Lipinski definition) is 1. The second kappa shape index (κ2) is 10.1. The minimum Gasteiger partial charge on any atom is -0.330 e. The lowest BCUT2D eigenvalue weighted by Crippen LogP contribution is -2.40. The largest absolute Gasteiger partial charge is 0.330 e. The Labute approximate surface area is 102 Å². The number of likely N-dealkylation sites (N-methyl/N-ethyl adjacent to an activating group) is 2. The summed E-state index contributed by atoms with van der Waals surface area (Å²) >= 11 is 0. The number of nitrogens with zero attached hydrogens (tertiary/aromatic N) is 2. The predicted octanol–water partition coefficient (Wildman–Crippen LogP) is 1.78. The molecule has 0 rings (SSSR count). The van der Waals surface area contributed by atoms with Crippen molar-refractivity contribution in [3.05, 3.63) is 0 Å². The highest BCUT2D eigenvalue weighted by Crippen LogP contribution is 2.05. The van der Waals surface area contributed by atoms with Gasteiger partial charge in [-0.15, -0.1) is 0 Å². The van der Waals surface area contributed by atoms with Crippen LogP contribution in [-0.2, 0) is 0 Å². The molecule has 1 unspecified atom stereocenters. The van der Waals surface area contributed by atoms with Crippen LogP contribution in [0.1, 0.15) is 39.5 Å². The Morgan fingerprint density at radius 3 is 2.19 bits per heavy atom. The smallest absolute Gasteiger partial charge is 0.0194 e. The molecule has 0 aromatic rings. The molecule has 0 aromatic heterocycles. The molecule has 0 saturated carbocycles. The average Bonchev–Trinajstić information content (AvgIpc) is 2.22. The van der Waals surface area contributed by atoms with E-state index in [9.17, 15) is 0 Å². The molecule has 16 heavy (non-hydrogen) atoms. The van der Waals surface area contributed by atoms with Crippen LogP contribution in [0.15, 0.2) is 0 Å². The van der Waals surface area contributed by atoms with Gasteiger partial charge in [-0.05, 0) is 53.5 Å². The fourth-order valence-corrected chi connectivity index (χ4v) is 2.15. The minimum atomic E-state index is 0.662. The molecular formula is C13H31N3. The lowest BCUT2D eigenvalue weighted by atomic mass is 10.1. The Bertz CT molecular complexity index is 148. The van der Waals surface area contributed by atoms with Gasteiger partial charge in [-0.1, -0.05) is 19.8 Å². The fourth-order valence-electron chi connectivity index (χ4n) is 2.15. The SMILES string of the molecule is CCN(CCCCCCN)C(C)CN(C)C. The van der Waals surface area contributed by atoms with E-state index in [0.717, 1.165) is 19.6 Å². The number of hydrogen-bond acceptors (Lipinski definition) is 3. The van der Waals surface area contributed by atoms with Crippen molar-refractivity contribution in [1.82, 2.24) is 9.80 Å². The zero-order chi connectivity index (χ0) is 12.4. The summed E-state index contributed by atoms with van der Waals surface area (Å²) in [5.74, 6) is 0. The highest BCUT2D eigenvalue weighted by Gasteiger charge is 2.11. The standard InChI is InChI=1S/C13H31N3/c1-5-16(13(2)12-15(3)4)11-9-7-6-8-10-14/h13H,5-12,14H2,1-4H3. The van der Waals surface area contributed by atoms with Crippen molar-refractivity contribution >= 4 is 0 Å². The van der Waals surface area contributed by atoms with Crippen molar-refractivity contribution < 1.29 is 0 Å². The van der Waals surface area contributed by atoms with Crippen molar-refractivity contribution in [1.29, 1.82) is 0 Å². The van der Waals surface area contributed by atoms with Gasteiger partial charge < -0.3 is 10.6 Å². The fraction of sp³-hybridized carbons (Fsp3) is 1.00. The average molecular weight is 229 g/mol. The molecule has 3 nitrogen and oxygen atoms in total. The van der Waals surface area contributed by atoms with Gasteiger partial charge in [-0.25, -0.2) is 0 Å². The third-order valence-electron chi connectivity index (χ3n) is 3.06. The van der Waals surface area contributed by atoms with E-state index in [1.54, 1.807) is 0 Å². The van der Waals surface area contributed by atoms with Crippen molar-refractivity contribution in [2.75, 3.05) is 40.3 Å². The first-order valence-electron chi connectivity index (χ1n) is 6.70. The molecule has 0 saturated heterocycles. The first kappa shape index (κ1) is 15.9. The van der Waals surface area contributed by atoms with Gasteiger partial charge in [0, 0.05) is 12.6 Å². The molecule has 0 bridgehead atoms. The maximum atomic E-state index is 5.48. The van der Waals surface area contributed by atoms with Crippen LogP contribution in [0.3, 0.4) is 0 Å². The molecule has 0 aromatic carbocycles. The van der Waals surface area contributed by atoms with Crippen molar-refractivity contribution in [2.24, 2.45) is 5.73 Å². The molecule has 0 aliphatic carbocycles. The van der Waals surface area contributed by atoms with Crippen LogP contribution in [0.4, 0.5) is 0 Å². The first-order valence-corrected chi connectivity index (χ1v) is 6.70. The Morgan fingerprint density at radius 2 is 1.69 bits per heavy atom. The number of nitrogens with two attached hydrogens (primary N) is 1. The summed E-state index contributed by atoms with van der Waals surface area (Å²) in [5.41, 5.74) is 5.48. The topological polar surface area (TPSA) is 32.5 Å². The zero-order valence-corrected chi connectivity index (χ0v) is 11.7. The Kier molecular flexibility index (Phi) is 9.99. The predicted molar refractivity (Wildman–Crippen MR) is 72.8 cm³/mol. The highest BCUT2D eigenvalue weighted by atomic mass is 15.2. The third kappa shape index (κ3) is 8.08. The lowest BCUT2D eigenvalue weighted by Gasteiger charge is -2.29. The van der Waals surface area contributed by atoms with Crippen LogP contribution in [0, 0.1) is 0 Å². The van der Waals surface area contributed by atoms with E-state index in [4.69, 9.17) is 5.73 Å². The van der Waals surface area contributed by atoms with Gasteiger partial charge in [-0.2, -0.15) is 0 Å². The lowest BCUT2D eigenvalue weighted by molar-refractivity contribution is 0.178. The second-order valence-corrected chi connectivity index (χ2v) is 4.94. The quantitative estimate of drug-likeness (QED) is 0.580. The van der Waals surface area contributed by atoms with Crippen LogP contribution in [-0.4, -0.2) is 56.1 Å². The molecule has 0 heterocycles. The van der Waals surface area contributed by atoms with Crippen LogP contribution >= 0.6 is 0 Å². The Balaban J connectivity index is 3.65. The third-order valence-corrected chi connectivity index (χ3v) is 3.06. The second-order valence-electron chi connectivity index (χ2n) is 4.94. The number of rotatable bonds is 10. The van der Waals surface area contributed by atoms with E-state index in [1.807, 2.05) is 0 Å². The van der Waals surface area contributed by atoms with Gasteiger partial charge in [0.1, 0.15) is 0 Å². The van der Waals surface area contributed by atoms with Crippen LogP contribution in [0.25, 0.3) is 0 Å². The summed E-state index contributed by atoms with van der Waals surface area (Å²) in [6, 6.07) is 0.662. The molecule has 98 valence electrons. The van der Waals surface area contributed by atoms with Gasteiger partial charge in [0.05, 0.1) is 0 Å². The van der Waals surface area contributed by atoms with Gasteiger partial charge in [0.15, 0.2) is 0 Å². The Hall–Kier alpha value is -0.120. The summed E-state index contributed by atoms with van der Waals surface area (Å²) in [4.78, 5) is 4.84.